The Morgan fingerprint density at radius 2 is 2.00 bits per heavy atom. The average molecular weight is 240 g/mol. The minimum atomic E-state index is 0.310. The molecular weight excluding hydrogens is 212 g/mol. The maximum Gasteiger partial charge on any atom is 0.236 e. The molecule has 0 spiro atoms. The summed E-state index contributed by atoms with van der Waals surface area (Å²) < 4.78 is 0. The highest BCUT2D eigenvalue weighted by molar-refractivity contribution is 5.78. The molecule has 0 saturated carbocycles. The molecule has 0 aromatic heterocycles. The van der Waals surface area contributed by atoms with Gasteiger partial charge in [0.25, 0.3) is 0 Å². The van der Waals surface area contributed by atoms with Crippen LogP contribution in [-0.2, 0) is 4.79 Å². The summed E-state index contributed by atoms with van der Waals surface area (Å²) in [6.07, 6.45) is 2.33. The van der Waals surface area contributed by atoms with E-state index in [4.69, 9.17) is 0 Å². The lowest BCUT2D eigenvalue weighted by atomic mass is 10.1. The van der Waals surface area contributed by atoms with Gasteiger partial charge in [-0.3, -0.25) is 9.69 Å². The Hall–Kier alpha value is -0.570. The van der Waals surface area contributed by atoms with Crippen LogP contribution in [0.4, 0.5) is 0 Å². The first-order valence-electron chi connectivity index (χ1n) is 6.95. The molecule has 1 fully saturated rings. The Bertz CT molecular complexity index is 251. The third kappa shape index (κ3) is 4.30. The van der Waals surface area contributed by atoms with Crippen molar-refractivity contribution in [2.24, 2.45) is 5.92 Å². The molecule has 1 saturated heterocycles. The Morgan fingerprint density at radius 1 is 1.35 bits per heavy atom. The molecule has 0 N–H and O–H groups in total. The lowest BCUT2D eigenvalue weighted by Crippen LogP contribution is -2.45. The van der Waals surface area contributed by atoms with E-state index in [2.05, 4.69) is 44.4 Å². The summed E-state index contributed by atoms with van der Waals surface area (Å²) in [6, 6.07) is 0.884. The molecule has 1 aliphatic rings. The molecule has 0 aromatic rings. The van der Waals surface area contributed by atoms with E-state index in [9.17, 15) is 4.79 Å². The van der Waals surface area contributed by atoms with Crippen molar-refractivity contribution in [1.82, 2.24) is 9.80 Å². The zero-order valence-corrected chi connectivity index (χ0v) is 12.1. The average Bonchev–Trinajstić information content (AvgIpc) is 2.62. The van der Waals surface area contributed by atoms with Gasteiger partial charge in [0.2, 0.25) is 5.91 Å². The van der Waals surface area contributed by atoms with Gasteiger partial charge in [-0.1, -0.05) is 13.8 Å². The van der Waals surface area contributed by atoms with Gasteiger partial charge in [0.15, 0.2) is 0 Å². The second-order valence-electron chi connectivity index (χ2n) is 6.00. The minimum Gasteiger partial charge on any atom is -0.339 e. The summed E-state index contributed by atoms with van der Waals surface area (Å²) in [4.78, 5) is 16.6. The molecule has 0 bridgehead atoms. The van der Waals surface area contributed by atoms with Crippen molar-refractivity contribution in [3.63, 3.8) is 0 Å². The van der Waals surface area contributed by atoms with Crippen LogP contribution in [0.2, 0.25) is 0 Å². The largest absolute Gasteiger partial charge is 0.339 e. The van der Waals surface area contributed by atoms with Gasteiger partial charge in [0.1, 0.15) is 0 Å². The van der Waals surface area contributed by atoms with Crippen LogP contribution in [0.3, 0.4) is 0 Å². The topological polar surface area (TPSA) is 23.6 Å². The molecule has 0 aromatic carbocycles. The fraction of sp³-hybridized carbons (Fsp3) is 0.929. The number of nitrogens with zero attached hydrogens (tertiary/aromatic N) is 2. The molecule has 1 heterocycles. The zero-order valence-electron chi connectivity index (χ0n) is 12.1. The number of hydrogen-bond donors (Lipinski definition) is 0. The van der Waals surface area contributed by atoms with E-state index in [1.807, 2.05) is 0 Å². The van der Waals surface area contributed by atoms with Crippen molar-refractivity contribution in [3.05, 3.63) is 0 Å². The van der Waals surface area contributed by atoms with Gasteiger partial charge in [-0.05, 0) is 39.5 Å². The number of rotatable bonds is 5. The number of amides is 1. The van der Waals surface area contributed by atoms with Gasteiger partial charge in [-0.25, -0.2) is 0 Å². The predicted octanol–water partition coefficient (Wildman–Crippen LogP) is 2.36. The van der Waals surface area contributed by atoms with E-state index >= 15 is 0 Å². The Kier molecular flexibility index (Phi) is 5.44. The predicted molar refractivity (Wildman–Crippen MR) is 72.0 cm³/mol. The van der Waals surface area contributed by atoms with E-state index in [1.165, 1.54) is 6.42 Å². The summed E-state index contributed by atoms with van der Waals surface area (Å²) in [5.41, 5.74) is 0. The minimum absolute atomic E-state index is 0.310. The summed E-state index contributed by atoms with van der Waals surface area (Å²) >= 11 is 0. The summed E-state index contributed by atoms with van der Waals surface area (Å²) in [5, 5.41) is 0. The van der Waals surface area contributed by atoms with Crippen molar-refractivity contribution < 1.29 is 4.79 Å². The quantitative estimate of drug-likeness (QED) is 0.736. The number of carbonyl (C=O) groups is 1. The first-order valence-corrected chi connectivity index (χ1v) is 6.95. The van der Waals surface area contributed by atoms with Crippen molar-refractivity contribution >= 4 is 5.91 Å². The highest BCUT2D eigenvalue weighted by Crippen LogP contribution is 2.17. The SMILES string of the molecule is CC(C)CN(CC(=O)N1CCC[C@H]1C)C(C)C. The maximum absolute atomic E-state index is 12.2. The van der Waals surface area contributed by atoms with Gasteiger partial charge in [-0.2, -0.15) is 0 Å². The molecule has 100 valence electrons. The number of hydrogen-bond acceptors (Lipinski definition) is 2. The van der Waals surface area contributed by atoms with Crippen LogP contribution in [0.5, 0.6) is 0 Å². The van der Waals surface area contributed by atoms with Crippen LogP contribution in [-0.4, -0.2) is 47.4 Å². The van der Waals surface area contributed by atoms with Crippen molar-refractivity contribution in [3.8, 4) is 0 Å². The molecule has 3 nitrogen and oxygen atoms in total. The van der Waals surface area contributed by atoms with Crippen LogP contribution in [0.1, 0.15) is 47.5 Å². The molecule has 3 heteroatoms. The van der Waals surface area contributed by atoms with E-state index in [0.29, 0.717) is 30.5 Å². The second kappa shape index (κ2) is 6.39. The normalized spacial score (nSPS) is 20.9. The van der Waals surface area contributed by atoms with Gasteiger partial charge >= 0.3 is 0 Å². The molecule has 0 aliphatic carbocycles. The lowest BCUT2D eigenvalue weighted by Gasteiger charge is -2.30. The fourth-order valence-electron chi connectivity index (χ4n) is 2.50. The van der Waals surface area contributed by atoms with Crippen LogP contribution < -0.4 is 0 Å². The molecule has 0 radical (unpaired) electrons. The fourth-order valence-corrected chi connectivity index (χ4v) is 2.50. The van der Waals surface area contributed by atoms with E-state index in [0.717, 1.165) is 19.5 Å². The highest BCUT2D eigenvalue weighted by Gasteiger charge is 2.26. The highest BCUT2D eigenvalue weighted by atomic mass is 16.2. The van der Waals surface area contributed by atoms with Gasteiger partial charge < -0.3 is 4.90 Å². The second-order valence-corrected chi connectivity index (χ2v) is 6.00. The molecule has 17 heavy (non-hydrogen) atoms. The maximum atomic E-state index is 12.2. The van der Waals surface area contributed by atoms with Crippen molar-refractivity contribution in [2.45, 2.75) is 59.5 Å². The smallest absolute Gasteiger partial charge is 0.236 e. The van der Waals surface area contributed by atoms with E-state index in [1.54, 1.807) is 0 Å². The van der Waals surface area contributed by atoms with Gasteiger partial charge in [0, 0.05) is 25.2 Å². The Balaban J connectivity index is 2.51. The monoisotopic (exact) mass is 240 g/mol. The Morgan fingerprint density at radius 3 is 2.41 bits per heavy atom. The van der Waals surface area contributed by atoms with E-state index in [-0.39, 0.29) is 0 Å². The summed E-state index contributed by atoms with van der Waals surface area (Å²) in [5.74, 6) is 0.922. The molecule has 1 amide bonds. The zero-order chi connectivity index (χ0) is 13.0. The van der Waals surface area contributed by atoms with Crippen LogP contribution in [0.25, 0.3) is 0 Å². The third-order valence-corrected chi connectivity index (χ3v) is 3.54. The molecule has 0 unspecified atom stereocenters. The molecule has 1 atom stereocenters. The van der Waals surface area contributed by atoms with Crippen LogP contribution in [0.15, 0.2) is 0 Å². The molecule has 1 aliphatic heterocycles. The molecular formula is C14H28N2O. The lowest BCUT2D eigenvalue weighted by molar-refractivity contribution is -0.133. The summed E-state index contributed by atoms with van der Waals surface area (Å²) in [7, 11) is 0. The molecule has 1 rings (SSSR count). The number of likely N-dealkylation sites (tertiary alicyclic amines) is 1. The standard InChI is InChI=1S/C14H28N2O/c1-11(2)9-15(12(3)4)10-14(17)16-8-6-7-13(16)5/h11-13H,6-10H2,1-5H3/t13-/m1/s1. The Labute approximate surface area is 106 Å². The third-order valence-electron chi connectivity index (χ3n) is 3.54. The van der Waals surface area contributed by atoms with E-state index < -0.39 is 0 Å². The van der Waals surface area contributed by atoms with Gasteiger partial charge in [-0.15, -0.1) is 0 Å². The first kappa shape index (κ1) is 14.5. The van der Waals surface area contributed by atoms with Crippen molar-refractivity contribution in [1.29, 1.82) is 0 Å². The summed E-state index contributed by atoms with van der Waals surface area (Å²) in [6.45, 7) is 13.5. The van der Waals surface area contributed by atoms with Gasteiger partial charge in [0.05, 0.1) is 6.54 Å². The van der Waals surface area contributed by atoms with Crippen LogP contribution in [0, 0.1) is 5.92 Å². The van der Waals surface area contributed by atoms with Crippen LogP contribution >= 0.6 is 0 Å². The first-order chi connectivity index (χ1) is 7.91. The number of carbonyl (C=O) groups excluding carboxylic acids is 1. The van der Waals surface area contributed by atoms with Crippen molar-refractivity contribution in [2.75, 3.05) is 19.6 Å².